The van der Waals surface area contributed by atoms with Crippen LogP contribution >= 0.6 is 0 Å². The van der Waals surface area contributed by atoms with E-state index in [0.29, 0.717) is 11.5 Å². The maximum Gasteiger partial charge on any atom is 0.274 e. The van der Waals surface area contributed by atoms with Crippen LogP contribution in [-0.2, 0) is 4.74 Å². The number of rotatable bonds is 7. The highest BCUT2D eigenvalue weighted by Crippen LogP contribution is 2.28. The van der Waals surface area contributed by atoms with E-state index in [0.717, 1.165) is 57.1 Å². The van der Waals surface area contributed by atoms with Crippen LogP contribution in [0.15, 0.2) is 36.4 Å². The van der Waals surface area contributed by atoms with E-state index in [1.54, 1.807) is 24.1 Å². The second-order valence-corrected chi connectivity index (χ2v) is 6.63. The minimum atomic E-state index is -0.101. The standard InChI is InChI=1S/C20H27N5O2/c1-3-4-11-24(2)20(26)17-9-10-19(23-22-17)21-16-7-5-6-8-18(16)25-12-14-27-15-13-25/h5-10H,3-4,11-15H2,1-2H3,(H,21,23). The van der Waals surface area contributed by atoms with Crippen LogP contribution in [0.4, 0.5) is 17.2 Å². The highest BCUT2D eigenvalue weighted by atomic mass is 16.5. The summed E-state index contributed by atoms with van der Waals surface area (Å²) in [4.78, 5) is 16.3. The van der Waals surface area contributed by atoms with Crippen molar-refractivity contribution < 1.29 is 9.53 Å². The number of amides is 1. The van der Waals surface area contributed by atoms with Crippen LogP contribution in [0.3, 0.4) is 0 Å². The van der Waals surface area contributed by atoms with Crippen molar-refractivity contribution in [1.82, 2.24) is 15.1 Å². The Balaban J connectivity index is 1.69. The zero-order chi connectivity index (χ0) is 19.1. The van der Waals surface area contributed by atoms with Gasteiger partial charge in [-0.25, -0.2) is 0 Å². The minimum absolute atomic E-state index is 0.101. The van der Waals surface area contributed by atoms with Crippen molar-refractivity contribution in [2.24, 2.45) is 0 Å². The van der Waals surface area contributed by atoms with Gasteiger partial charge in [-0.15, -0.1) is 10.2 Å². The summed E-state index contributed by atoms with van der Waals surface area (Å²) in [5, 5.41) is 11.6. The first-order chi connectivity index (χ1) is 13.2. The van der Waals surface area contributed by atoms with E-state index in [9.17, 15) is 4.79 Å². The Morgan fingerprint density at radius 3 is 2.67 bits per heavy atom. The van der Waals surface area contributed by atoms with E-state index in [2.05, 4.69) is 33.4 Å². The van der Waals surface area contributed by atoms with Crippen LogP contribution in [0.25, 0.3) is 0 Å². The topological polar surface area (TPSA) is 70.6 Å². The molecule has 1 aliphatic rings. The first-order valence-corrected chi connectivity index (χ1v) is 9.47. The van der Waals surface area contributed by atoms with E-state index in [-0.39, 0.29) is 5.91 Å². The predicted octanol–water partition coefficient (Wildman–Crippen LogP) is 2.93. The van der Waals surface area contributed by atoms with Crippen LogP contribution in [0.1, 0.15) is 30.3 Å². The van der Waals surface area contributed by atoms with Gasteiger partial charge in [-0.2, -0.15) is 0 Å². The molecule has 0 unspecified atom stereocenters. The number of nitrogens with one attached hydrogen (secondary N) is 1. The molecule has 0 atom stereocenters. The molecule has 2 aromatic rings. The molecule has 0 radical (unpaired) electrons. The van der Waals surface area contributed by atoms with Gasteiger partial charge in [-0.3, -0.25) is 4.79 Å². The molecule has 0 bridgehead atoms. The first kappa shape index (κ1) is 19.1. The summed E-state index contributed by atoms with van der Waals surface area (Å²) >= 11 is 0. The van der Waals surface area contributed by atoms with Gasteiger partial charge in [-0.05, 0) is 30.7 Å². The normalized spacial score (nSPS) is 14.1. The maximum absolute atomic E-state index is 12.4. The second kappa shape index (κ2) is 9.32. The highest BCUT2D eigenvalue weighted by molar-refractivity contribution is 5.92. The molecule has 1 amide bonds. The van der Waals surface area contributed by atoms with Crippen molar-refractivity contribution in [3.8, 4) is 0 Å². The molecule has 1 aromatic carbocycles. The lowest BCUT2D eigenvalue weighted by atomic mass is 10.2. The van der Waals surface area contributed by atoms with Crippen molar-refractivity contribution in [1.29, 1.82) is 0 Å². The number of benzene rings is 1. The monoisotopic (exact) mass is 369 g/mol. The Hall–Kier alpha value is -2.67. The molecular formula is C20H27N5O2. The summed E-state index contributed by atoms with van der Waals surface area (Å²) in [6.45, 7) is 6.02. The molecule has 1 aliphatic heterocycles. The second-order valence-electron chi connectivity index (χ2n) is 6.63. The molecule has 3 rings (SSSR count). The SMILES string of the molecule is CCCCN(C)C(=O)c1ccc(Nc2ccccc2N2CCOCC2)nn1. The molecule has 0 saturated carbocycles. The van der Waals surface area contributed by atoms with Crippen LogP contribution in [0.5, 0.6) is 0 Å². The number of para-hydroxylation sites is 2. The number of morpholine rings is 1. The van der Waals surface area contributed by atoms with Crippen LogP contribution in [0.2, 0.25) is 0 Å². The number of hydrogen-bond acceptors (Lipinski definition) is 6. The van der Waals surface area contributed by atoms with Crippen molar-refractivity contribution in [2.75, 3.05) is 50.1 Å². The molecule has 1 saturated heterocycles. The minimum Gasteiger partial charge on any atom is -0.378 e. The summed E-state index contributed by atoms with van der Waals surface area (Å²) in [7, 11) is 1.80. The van der Waals surface area contributed by atoms with Gasteiger partial charge in [-0.1, -0.05) is 25.5 Å². The zero-order valence-corrected chi connectivity index (χ0v) is 16.0. The van der Waals surface area contributed by atoms with E-state index >= 15 is 0 Å². The largest absolute Gasteiger partial charge is 0.378 e. The number of ether oxygens (including phenoxy) is 1. The Morgan fingerprint density at radius 1 is 1.19 bits per heavy atom. The number of aromatic nitrogens is 2. The van der Waals surface area contributed by atoms with Gasteiger partial charge >= 0.3 is 0 Å². The number of hydrogen-bond donors (Lipinski definition) is 1. The molecule has 1 N–H and O–H groups in total. The van der Waals surface area contributed by atoms with Crippen molar-refractivity contribution >= 4 is 23.1 Å². The Labute approximate surface area is 160 Å². The van der Waals surface area contributed by atoms with Gasteiger partial charge in [0.05, 0.1) is 24.6 Å². The van der Waals surface area contributed by atoms with E-state index in [1.165, 1.54) is 0 Å². The van der Waals surface area contributed by atoms with Gasteiger partial charge in [0.1, 0.15) is 0 Å². The Bertz CT molecular complexity index is 744. The molecule has 144 valence electrons. The summed E-state index contributed by atoms with van der Waals surface area (Å²) < 4.78 is 5.44. The third kappa shape index (κ3) is 4.95. The van der Waals surface area contributed by atoms with E-state index < -0.39 is 0 Å². The lowest BCUT2D eigenvalue weighted by Gasteiger charge is -2.30. The van der Waals surface area contributed by atoms with Crippen molar-refractivity contribution in [3.63, 3.8) is 0 Å². The lowest BCUT2D eigenvalue weighted by molar-refractivity contribution is 0.0786. The van der Waals surface area contributed by atoms with Gasteiger partial charge in [0, 0.05) is 26.7 Å². The number of carbonyl (C=O) groups is 1. The molecule has 7 heteroatoms. The molecular weight excluding hydrogens is 342 g/mol. The number of carbonyl (C=O) groups excluding carboxylic acids is 1. The Kier molecular flexibility index (Phi) is 6.59. The third-order valence-electron chi connectivity index (χ3n) is 4.60. The van der Waals surface area contributed by atoms with E-state index in [1.807, 2.05) is 18.2 Å². The summed E-state index contributed by atoms with van der Waals surface area (Å²) in [6.07, 6.45) is 2.03. The Morgan fingerprint density at radius 2 is 1.96 bits per heavy atom. The zero-order valence-electron chi connectivity index (χ0n) is 16.0. The fraction of sp³-hybridized carbons (Fsp3) is 0.450. The van der Waals surface area contributed by atoms with Crippen molar-refractivity contribution in [3.05, 3.63) is 42.1 Å². The third-order valence-corrected chi connectivity index (χ3v) is 4.60. The molecule has 1 aromatic heterocycles. The molecule has 0 aliphatic carbocycles. The summed E-state index contributed by atoms with van der Waals surface area (Å²) in [6, 6.07) is 11.6. The lowest BCUT2D eigenvalue weighted by Crippen LogP contribution is -2.36. The number of unbranched alkanes of at least 4 members (excludes halogenated alkanes) is 1. The van der Waals surface area contributed by atoms with Crippen LogP contribution in [0, 0.1) is 0 Å². The molecule has 1 fully saturated rings. The maximum atomic E-state index is 12.4. The van der Waals surface area contributed by atoms with Crippen LogP contribution < -0.4 is 10.2 Å². The first-order valence-electron chi connectivity index (χ1n) is 9.47. The van der Waals surface area contributed by atoms with Gasteiger partial charge in [0.2, 0.25) is 0 Å². The summed E-state index contributed by atoms with van der Waals surface area (Å²) in [5.41, 5.74) is 2.44. The average Bonchev–Trinajstić information content (AvgIpc) is 2.73. The van der Waals surface area contributed by atoms with Gasteiger partial charge < -0.3 is 19.9 Å². The number of anilines is 3. The average molecular weight is 369 g/mol. The quantitative estimate of drug-likeness (QED) is 0.809. The van der Waals surface area contributed by atoms with Crippen LogP contribution in [-0.4, -0.2) is 60.9 Å². The van der Waals surface area contributed by atoms with Crippen molar-refractivity contribution in [2.45, 2.75) is 19.8 Å². The smallest absolute Gasteiger partial charge is 0.274 e. The number of nitrogens with zero attached hydrogens (tertiary/aromatic N) is 4. The molecule has 7 nitrogen and oxygen atoms in total. The fourth-order valence-corrected chi connectivity index (χ4v) is 3.00. The highest BCUT2D eigenvalue weighted by Gasteiger charge is 2.16. The summed E-state index contributed by atoms with van der Waals surface area (Å²) in [5.74, 6) is 0.514. The molecule has 2 heterocycles. The molecule has 0 spiro atoms. The van der Waals surface area contributed by atoms with Gasteiger partial charge in [0.15, 0.2) is 11.5 Å². The van der Waals surface area contributed by atoms with E-state index in [4.69, 9.17) is 4.74 Å². The van der Waals surface area contributed by atoms with Gasteiger partial charge in [0.25, 0.3) is 5.91 Å². The molecule has 27 heavy (non-hydrogen) atoms. The predicted molar refractivity (Wildman–Crippen MR) is 107 cm³/mol. The fourth-order valence-electron chi connectivity index (χ4n) is 3.00.